The molecule has 110 valence electrons. The van der Waals surface area contributed by atoms with Crippen LogP contribution in [-0.4, -0.2) is 10.9 Å². The van der Waals surface area contributed by atoms with E-state index in [2.05, 4.69) is 6.92 Å². The predicted molar refractivity (Wildman–Crippen MR) is 84.0 cm³/mol. The zero-order chi connectivity index (χ0) is 14.6. The lowest BCUT2D eigenvalue weighted by Gasteiger charge is -1.99. The number of ketones is 1. The Balaban J connectivity index is 2.12. The number of unbranched alkanes of at least 4 members (excludes halogenated alkanes) is 5. The van der Waals surface area contributed by atoms with Crippen molar-refractivity contribution in [1.82, 2.24) is 0 Å². The summed E-state index contributed by atoms with van der Waals surface area (Å²) in [5.41, 5.74) is 1.09. The molecule has 0 spiro atoms. The molecule has 0 bridgehead atoms. The van der Waals surface area contributed by atoms with Crippen molar-refractivity contribution in [3.63, 3.8) is 0 Å². The molecule has 0 heterocycles. The number of rotatable bonds is 10. The third-order valence-corrected chi connectivity index (χ3v) is 3.37. The van der Waals surface area contributed by atoms with Crippen molar-refractivity contribution >= 4 is 5.78 Å². The topological polar surface area (TPSA) is 37.3 Å². The highest BCUT2D eigenvalue weighted by Crippen LogP contribution is 2.11. The monoisotopic (exact) mass is 274 g/mol. The van der Waals surface area contributed by atoms with Gasteiger partial charge in [-0.05, 0) is 43.0 Å². The average Bonchev–Trinajstić information content (AvgIpc) is 2.46. The number of phenolic OH excluding ortho intramolecular Hbond substituents is 1. The predicted octanol–water partition coefficient (Wildman–Crippen LogP) is 4.81. The molecule has 1 N–H and O–H groups in total. The summed E-state index contributed by atoms with van der Waals surface area (Å²) in [7, 11) is 0. The molecule has 0 aromatic heterocycles. The van der Waals surface area contributed by atoms with E-state index in [4.69, 9.17) is 0 Å². The molecule has 1 aromatic carbocycles. The average molecular weight is 274 g/mol. The lowest BCUT2D eigenvalue weighted by molar-refractivity contribution is -0.114. The van der Waals surface area contributed by atoms with Crippen LogP contribution in [0.1, 0.15) is 57.4 Å². The van der Waals surface area contributed by atoms with Gasteiger partial charge >= 0.3 is 0 Å². The summed E-state index contributed by atoms with van der Waals surface area (Å²) in [5, 5.41) is 9.18. The van der Waals surface area contributed by atoms with Crippen LogP contribution >= 0.6 is 0 Å². The minimum Gasteiger partial charge on any atom is -0.508 e. The van der Waals surface area contributed by atoms with E-state index in [1.165, 1.54) is 32.1 Å². The summed E-state index contributed by atoms with van der Waals surface area (Å²) in [6.07, 6.45) is 12.3. The normalized spacial score (nSPS) is 11.1. The first-order valence-electron chi connectivity index (χ1n) is 7.69. The SMILES string of the molecule is CCCCCCC/C=C/C(=O)CCc1ccc(O)cc1. The van der Waals surface area contributed by atoms with Crippen molar-refractivity contribution in [3.8, 4) is 5.75 Å². The van der Waals surface area contributed by atoms with Crippen LogP contribution in [0.5, 0.6) is 5.75 Å². The zero-order valence-electron chi connectivity index (χ0n) is 12.5. The molecule has 0 saturated heterocycles. The molecule has 0 aliphatic heterocycles. The number of hydrogen-bond donors (Lipinski definition) is 1. The lowest BCUT2D eigenvalue weighted by atomic mass is 10.1. The zero-order valence-corrected chi connectivity index (χ0v) is 12.5. The van der Waals surface area contributed by atoms with E-state index in [1.807, 2.05) is 18.2 Å². The number of allylic oxidation sites excluding steroid dienone is 2. The Kier molecular flexibility index (Phi) is 8.44. The molecule has 20 heavy (non-hydrogen) atoms. The van der Waals surface area contributed by atoms with Crippen molar-refractivity contribution in [2.24, 2.45) is 0 Å². The van der Waals surface area contributed by atoms with E-state index < -0.39 is 0 Å². The van der Waals surface area contributed by atoms with Gasteiger partial charge in [-0.25, -0.2) is 0 Å². The summed E-state index contributed by atoms with van der Waals surface area (Å²) in [4.78, 5) is 11.7. The molecule has 0 unspecified atom stereocenters. The third kappa shape index (κ3) is 7.78. The van der Waals surface area contributed by atoms with Crippen molar-refractivity contribution in [1.29, 1.82) is 0 Å². The standard InChI is InChI=1S/C18H26O2/c1-2-3-4-5-6-7-8-9-17(19)13-10-16-11-14-18(20)15-12-16/h8-9,11-12,14-15,20H,2-7,10,13H2,1H3/b9-8+. The van der Waals surface area contributed by atoms with Crippen molar-refractivity contribution in [2.45, 2.75) is 58.3 Å². The third-order valence-electron chi connectivity index (χ3n) is 3.37. The van der Waals surface area contributed by atoms with Gasteiger partial charge < -0.3 is 5.11 Å². The van der Waals surface area contributed by atoms with E-state index >= 15 is 0 Å². The molecule has 0 aliphatic rings. The smallest absolute Gasteiger partial charge is 0.155 e. The summed E-state index contributed by atoms with van der Waals surface area (Å²) in [6.45, 7) is 2.21. The maximum absolute atomic E-state index is 11.7. The highest BCUT2D eigenvalue weighted by molar-refractivity contribution is 5.89. The van der Waals surface area contributed by atoms with Crippen LogP contribution in [-0.2, 0) is 11.2 Å². The summed E-state index contributed by atoms with van der Waals surface area (Å²) in [6, 6.07) is 7.04. The number of aromatic hydroxyl groups is 1. The Hall–Kier alpha value is -1.57. The summed E-state index contributed by atoms with van der Waals surface area (Å²) < 4.78 is 0. The van der Waals surface area contributed by atoms with E-state index in [1.54, 1.807) is 18.2 Å². The molecule has 2 heteroatoms. The highest BCUT2D eigenvalue weighted by atomic mass is 16.3. The molecular weight excluding hydrogens is 248 g/mol. The van der Waals surface area contributed by atoms with Gasteiger partial charge in [-0.3, -0.25) is 4.79 Å². The van der Waals surface area contributed by atoms with E-state index in [-0.39, 0.29) is 11.5 Å². The van der Waals surface area contributed by atoms with Crippen LogP contribution in [0.2, 0.25) is 0 Å². The number of benzene rings is 1. The van der Waals surface area contributed by atoms with E-state index in [0.29, 0.717) is 6.42 Å². The maximum atomic E-state index is 11.7. The van der Waals surface area contributed by atoms with Gasteiger partial charge in [0.25, 0.3) is 0 Å². The van der Waals surface area contributed by atoms with Crippen LogP contribution in [0.4, 0.5) is 0 Å². The maximum Gasteiger partial charge on any atom is 0.155 e. The van der Waals surface area contributed by atoms with Crippen LogP contribution in [0.25, 0.3) is 0 Å². The van der Waals surface area contributed by atoms with Gasteiger partial charge in [0.15, 0.2) is 5.78 Å². The minimum absolute atomic E-state index is 0.187. The van der Waals surface area contributed by atoms with Crippen molar-refractivity contribution in [3.05, 3.63) is 42.0 Å². The fourth-order valence-electron chi connectivity index (χ4n) is 2.09. The molecule has 1 aromatic rings. The van der Waals surface area contributed by atoms with Crippen LogP contribution in [0.15, 0.2) is 36.4 Å². The molecule has 0 saturated carbocycles. The van der Waals surface area contributed by atoms with Gasteiger partial charge in [0, 0.05) is 6.42 Å². The Morgan fingerprint density at radius 2 is 1.80 bits per heavy atom. The lowest BCUT2D eigenvalue weighted by Crippen LogP contribution is -1.95. The second-order valence-corrected chi connectivity index (χ2v) is 5.24. The second-order valence-electron chi connectivity index (χ2n) is 5.24. The van der Waals surface area contributed by atoms with Crippen LogP contribution < -0.4 is 0 Å². The van der Waals surface area contributed by atoms with Gasteiger partial charge in [-0.2, -0.15) is 0 Å². The summed E-state index contributed by atoms with van der Waals surface area (Å²) in [5.74, 6) is 0.453. The van der Waals surface area contributed by atoms with Gasteiger partial charge in [0.1, 0.15) is 5.75 Å². The van der Waals surface area contributed by atoms with Crippen molar-refractivity contribution < 1.29 is 9.90 Å². The molecular formula is C18H26O2. The van der Waals surface area contributed by atoms with E-state index in [0.717, 1.165) is 18.4 Å². The highest BCUT2D eigenvalue weighted by Gasteiger charge is 1.99. The largest absolute Gasteiger partial charge is 0.508 e. The molecule has 0 amide bonds. The fraction of sp³-hybridized carbons (Fsp3) is 0.500. The van der Waals surface area contributed by atoms with Crippen molar-refractivity contribution in [2.75, 3.05) is 0 Å². The Bertz CT molecular complexity index is 404. The molecule has 0 radical (unpaired) electrons. The second kappa shape index (κ2) is 10.2. The number of carbonyl (C=O) groups excluding carboxylic acids is 1. The number of aryl methyl sites for hydroxylation is 1. The number of carbonyl (C=O) groups is 1. The quantitative estimate of drug-likeness (QED) is 0.491. The van der Waals surface area contributed by atoms with Gasteiger partial charge in [-0.15, -0.1) is 0 Å². The molecule has 0 aliphatic carbocycles. The molecule has 0 atom stereocenters. The first-order chi connectivity index (χ1) is 9.72. The van der Waals surface area contributed by atoms with Crippen LogP contribution in [0.3, 0.4) is 0 Å². The first kappa shape index (κ1) is 16.5. The van der Waals surface area contributed by atoms with Gasteiger partial charge in [0.05, 0.1) is 0 Å². The van der Waals surface area contributed by atoms with Gasteiger partial charge in [0.2, 0.25) is 0 Å². The minimum atomic E-state index is 0.187. The molecule has 1 rings (SSSR count). The molecule has 0 fully saturated rings. The van der Waals surface area contributed by atoms with Gasteiger partial charge in [-0.1, -0.05) is 50.8 Å². The molecule has 2 nitrogen and oxygen atoms in total. The Morgan fingerprint density at radius 3 is 2.50 bits per heavy atom. The fourth-order valence-corrected chi connectivity index (χ4v) is 2.09. The summed E-state index contributed by atoms with van der Waals surface area (Å²) >= 11 is 0. The Labute approximate surface area is 122 Å². The Morgan fingerprint density at radius 1 is 1.10 bits per heavy atom. The first-order valence-corrected chi connectivity index (χ1v) is 7.69. The number of phenols is 1. The van der Waals surface area contributed by atoms with Crippen LogP contribution in [0, 0.1) is 0 Å². The number of hydrogen-bond acceptors (Lipinski definition) is 2. The van der Waals surface area contributed by atoms with E-state index in [9.17, 15) is 9.90 Å².